The zero-order valence-electron chi connectivity index (χ0n) is 14.6. The molecule has 0 unspecified atom stereocenters. The molecule has 1 N–H and O–H groups in total. The molecule has 0 aromatic carbocycles. The predicted octanol–water partition coefficient (Wildman–Crippen LogP) is 0.369. The van der Waals surface area contributed by atoms with Crippen molar-refractivity contribution in [2.75, 3.05) is 33.4 Å². The van der Waals surface area contributed by atoms with Gasteiger partial charge in [-0.3, -0.25) is 19.6 Å². The molecule has 140 valence electrons. The van der Waals surface area contributed by atoms with E-state index in [0.717, 1.165) is 6.42 Å². The summed E-state index contributed by atoms with van der Waals surface area (Å²) in [6.45, 7) is 2.95. The highest BCUT2D eigenvalue weighted by Crippen LogP contribution is 2.15. The first-order valence-electron chi connectivity index (χ1n) is 8.05. The summed E-state index contributed by atoms with van der Waals surface area (Å²) in [5.74, 6) is -1.30. The largest absolute Gasteiger partial charge is 0.465 e. The molecule has 0 aliphatic carbocycles. The van der Waals surface area contributed by atoms with Crippen molar-refractivity contribution in [3.63, 3.8) is 0 Å². The molecule has 1 saturated heterocycles. The number of amides is 1. The molecule has 0 radical (unpaired) electrons. The summed E-state index contributed by atoms with van der Waals surface area (Å²) in [6, 6.07) is 2.93. The lowest BCUT2D eigenvalue weighted by atomic mass is 10.2. The van der Waals surface area contributed by atoms with Crippen molar-refractivity contribution in [2.24, 2.45) is 0 Å². The molecule has 1 amide bonds. The van der Waals surface area contributed by atoms with Gasteiger partial charge in [-0.2, -0.15) is 0 Å². The van der Waals surface area contributed by atoms with Gasteiger partial charge in [0.25, 0.3) is 5.91 Å². The number of hydrogen-bond donors (Lipinski definition) is 1. The highest BCUT2D eigenvalue weighted by Gasteiger charge is 2.30. The molecule has 26 heavy (non-hydrogen) atoms. The number of nitrogens with zero attached hydrogens (tertiary/aromatic N) is 3. The second kappa shape index (κ2) is 9.09. The van der Waals surface area contributed by atoms with Crippen LogP contribution in [0.4, 0.5) is 0 Å². The number of hydrogen-bond acceptors (Lipinski definition) is 7. The van der Waals surface area contributed by atoms with E-state index < -0.39 is 11.9 Å². The average molecular weight is 380 g/mol. The van der Waals surface area contributed by atoms with Crippen LogP contribution >= 0.6 is 12.2 Å². The first-order chi connectivity index (χ1) is 12.5. The van der Waals surface area contributed by atoms with Crippen molar-refractivity contribution in [3.8, 4) is 0 Å². The van der Waals surface area contributed by atoms with Crippen LogP contribution in [0.15, 0.2) is 18.3 Å². The molecule has 0 spiro atoms. The fraction of sp³-hybridized carbons (Fsp3) is 0.438. The van der Waals surface area contributed by atoms with Crippen LogP contribution in [-0.2, 0) is 14.3 Å². The SMILES string of the molecule is CCOC(=O)CNC(=S)N1CCCN1C(=O)c1ccc(C(=O)OC)cn1. The van der Waals surface area contributed by atoms with Gasteiger partial charge in [-0.1, -0.05) is 0 Å². The van der Waals surface area contributed by atoms with Crippen LogP contribution in [0.3, 0.4) is 0 Å². The van der Waals surface area contributed by atoms with E-state index in [-0.39, 0.29) is 35.4 Å². The van der Waals surface area contributed by atoms with E-state index in [1.807, 2.05) is 0 Å². The second-order valence-corrected chi connectivity index (χ2v) is 5.68. The van der Waals surface area contributed by atoms with E-state index in [9.17, 15) is 14.4 Å². The maximum Gasteiger partial charge on any atom is 0.339 e. The van der Waals surface area contributed by atoms with Crippen molar-refractivity contribution in [2.45, 2.75) is 13.3 Å². The van der Waals surface area contributed by atoms with Crippen molar-refractivity contribution >= 4 is 35.2 Å². The molecular weight excluding hydrogens is 360 g/mol. The highest BCUT2D eigenvalue weighted by molar-refractivity contribution is 7.80. The normalized spacial score (nSPS) is 13.3. The minimum atomic E-state index is -0.524. The van der Waals surface area contributed by atoms with Crippen LogP contribution in [0.1, 0.15) is 34.2 Å². The summed E-state index contributed by atoms with van der Waals surface area (Å²) in [6.07, 6.45) is 2.02. The lowest BCUT2D eigenvalue weighted by Crippen LogP contribution is -2.50. The second-order valence-electron chi connectivity index (χ2n) is 5.29. The lowest BCUT2D eigenvalue weighted by molar-refractivity contribution is -0.141. The van der Waals surface area contributed by atoms with Crippen molar-refractivity contribution in [1.82, 2.24) is 20.3 Å². The third kappa shape index (κ3) is 4.66. The highest BCUT2D eigenvalue weighted by atomic mass is 32.1. The number of methoxy groups -OCH3 is 1. The Morgan fingerprint density at radius 1 is 1.27 bits per heavy atom. The zero-order chi connectivity index (χ0) is 19.1. The quantitative estimate of drug-likeness (QED) is 0.573. The minimum absolute atomic E-state index is 0.0721. The third-order valence-corrected chi connectivity index (χ3v) is 3.95. The molecule has 1 aliphatic rings. The Bertz CT molecular complexity index is 694. The first-order valence-corrected chi connectivity index (χ1v) is 8.45. The molecule has 10 heteroatoms. The fourth-order valence-electron chi connectivity index (χ4n) is 2.38. The van der Waals surface area contributed by atoms with E-state index >= 15 is 0 Å². The van der Waals surface area contributed by atoms with Gasteiger partial charge in [0.05, 0.1) is 19.3 Å². The predicted molar refractivity (Wildman–Crippen MR) is 95.2 cm³/mol. The van der Waals surface area contributed by atoms with Crippen LogP contribution in [0, 0.1) is 0 Å². The number of carbonyl (C=O) groups excluding carboxylic acids is 3. The number of aromatic nitrogens is 1. The van der Waals surface area contributed by atoms with Crippen molar-refractivity contribution in [3.05, 3.63) is 29.6 Å². The summed E-state index contributed by atoms with van der Waals surface area (Å²) in [5, 5.41) is 6.09. The third-order valence-electron chi connectivity index (χ3n) is 3.59. The van der Waals surface area contributed by atoms with E-state index in [4.69, 9.17) is 17.0 Å². The maximum atomic E-state index is 12.7. The molecule has 2 rings (SSSR count). The Hall–Kier alpha value is -2.75. The molecule has 1 fully saturated rings. The van der Waals surface area contributed by atoms with Crippen LogP contribution in [0.5, 0.6) is 0 Å². The van der Waals surface area contributed by atoms with Crippen LogP contribution in [0.25, 0.3) is 0 Å². The van der Waals surface area contributed by atoms with Gasteiger partial charge < -0.3 is 14.8 Å². The first kappa shape index (κ1) is 19.6. The van der Waals surface area contributed by atoms with E-state index in [2.05, 4.69) is 15.0 Å². The van der Waals surface area contributed by atoms with Gasteiger partial charge in [0.15, 0.2) is 5.11 Å². The number of rotatable bonds is 5. The van der Waals surface area contributed by atoms with Gasteiger partial charge in [0, 0.05) is 19.3 Å². The average Bonchev–Trinajstić information content (AvgIpc) is 3.15. The number of hydrazine groups is 1. The molecule has 1 aliphatic heterocycles. The number of nitrogens with one attached hydrogen (secondary N) is 1. The molecular formula is C16H20N4O5S. The number of carbonyl (C=O) groups is 3. The van der Waals surface area contributed by atoms with Crippen molar-refractivity contribution < 1.29 is 23.9 Å². The number of esters is 2. The lowest BCUT2D eigenvalue weighted by Gasteiger charge is -2.29. The number of ether oxygens (including phenoxy) is 2. The monoisotopic (exact) mass is 380 g/mol. The summed E-state index contributed by atoms with van der Waals surface area (Å²) >= 11 is 5.26. The van der Waals surface area contributed by atoms with Crippen LogP contribution in [-0.4, -0.2) is 71.3 Å². The number of thiocarbonyl (C=S) groups is 1. The zero-order valence-corrected chi connectivity index (χ0v) is 15.4. The summed E-state index contributed by atoms with van der Waals surface area (Å²) in [4.78, 5) is 39.6. The standard InChI is InChI=1S/C16H20N4O5S/c1-3-25-13(21)10-18-16(26)20-8-4-7-19(20)14(22)12-6-5-11(9-17-12)15(23)24-2/h5-6,9H,3-4,7-8,10H2,1-2H3,(H,18,26). The molecule has 9 nitrogen and oxygen atoms in total. The summed E-state index contributed by atoms with van der Waals surface area (Å²) in [5.41, 5.74) is 0.437. The fourth-order valence-corrected chi connectivity index (χ4v) is 2.64. The molecule has 1 aromatic heterocycles. The summed E-state index contributed by atoms with van der Waals surface area (Å²) < 4.78 is 9.43. The van der Waals surface area contributed by atoms with E-state index in [1.54, 1.807) is 11.9 Å². The van der Waals surface area contributed by atoms with Crippen LogP contribution in [0.2, 0.25) is 0 Å². The van der Waals surface area contributed by atoms with Gasteiger partial charge in [-0.05, 0) is 37.7 Å². The van der Waals surface area contributed by atoms with E-state index in [1.165, 1.54) is 30.4 Å². The molecule has 0 saturated carbocycles. The Morgan fingerprint density at radius 2 is 2.00 bits per heavy atom. The topological polar surface area (TPSA) is 101 Å². The molecule has 2 heterocycles. The van der Waals surface area contributed by atoms with Gasteiger partial charge in [0.2, 0.25) is 0 Å². The van der Waals surface area contributed by atoms with Gasteiger partial charge >= 0.3 is 11.9 Å². The molecule has 0 bridgehead atoms. The van der Waals surface area contributed by atoms with Gasteiger partial charge in [-0.25, -0.2) is 9.80 Å². The Balaban J connectivity index is 2.02. The maximum absolute atomic E-state index is 12.7. The Kier molecular flexibility index (Phi) is 6.84. The van der Waals surface area contributed by atoms with Crippen LogP contribution < -0.4 is 5.32 Å². The van der Waals surface area contributed by atoms with Gasteiger partial charge in [0.1, 0.15) is 12.2 Å². The Morgan fingerprint density at radius 3 is 2.62 bits per heavy atom. The minimum Gasteiger partial charge on any atom is -0.465 e. The van der Waals surface area contributed by atoms with E-state index in [0.29, 0.717) is 13.1 Å². The molecule has 1 aromatic rings. The smallest absolute Gasteiger partial charge is 0.339 e. The summed E-state index contributed by atoms with van der Waals surface area (Å²) in [7, 11) is 1.27. The molecule has 0 atom stereocenters. The van der Waals surface area contributed by atoms with Crippen molar-refractivity contribution in [1.29, 1.82) is 0 Å². The van der Waals surface area contributed by atoms with Gasteiger partial charge in [-0.15, -0.1) is 0 Å². The Labute approximate surface area is 156 Å². The number of pyridine rings is 1.